The van der Waals surface area contributed by atoms with Gasteiger partial charge >= 0.3 is 0 Å². The molecule has 0 saturated heterocycles. The maximum Gasteiger partial charge on any atom is 0.0787 e. The summed E-state index contributed by atoms with van der Waals surface area (Å²) in [7, 11) is 0. The maximum atomic E-state index is 7.59. The molecule has 3 N–H and O–H groups in total. The number of thiocarbonyl (C=S) groups is 1. The first kappa shape index (κ1) is 8.87. The van der Waals surface area contributed by atoms with Crippen molar-refractivity contribution in [2.45, 2.75) is 6.42 Å². The highest BCUT2D eigenvalue weighted by Gasteiger charge is 2.00. The van der Waals surface area contributed by atoms with E-state index in [-0.39, 0.29) is 0 Å². The number of hydrogen-bond acceptors (Lipinski definition) is 2. The average molecular weight is 178 g/mol. The summed E-state index contributed by atoms with van der Waals surface area (Å²) in [6.07, 6.45) is 0.374. The lowest BCUT2D eigenvalue weighted by atomic mass is 10.1. The molecule has 1 aromatic rings. The van der Waals surface area contributed by atoms with Crippen molar-refractivity contribution in [3.8, 4) is 0 Å². The van der Waals surface area contributed by atoms with Gasteiger partial charge in [0.2, 0.25) is 0 Å². The SMILES string of the molecule is N=C(CC(N)=S)c1ccccc1. The summed E-state index contributed by atoms with van der Waals surface area (Å²) in [5.41, 5.74) is 6.68. The molecule has 0 aromatic heterocycles. The molecular weight excluding hydrogens is 168 g/mol. The molecular formula is C9H10N2S. The van der Waals surface area contributed by atoms with Crippen LogP contribution in [0.1, 0.15) is 12.0 Å². The molecule has 0 aliphatic rings. The zero-order chi connectivity index (χ0) is 8.97. The van der Waals surface area contributed by atoms with E-state index in [1.165, 1.54) is 0 Å². The molecule has 0 radical (unpaired) electrons. The van der Waals surface area contributed by atoms with Gasteiger partial charge in [-0.1, -0.05) is 42.5 Å². The van der Waals surface area contributed by atoms with Crippen LogP contribution in [0.4, 0.5) is 0 Å². The fourth-order valence-corrected chi connectivity index (χ4v) is 1.06. The third kappa shape index (κ3) is 2.43. The molecule has 0 heterocycles. The Morgan fingerprint density at radius 3 is 2.42 bits per heavy atom. The van der Waals surface area contributed by atoms with Crippen LogP contribution in [0.3, 0.4) is 0 Å². The van der Waals surface area contributed by atoms with Gasteiger partial charge in [0.05, 0.1) is 4.99 Å². The Morgan fingerprint density at radius 1 is 1.33 bits per heavy atom. The Morgan fingerprint density at radius 2 is 1.92 bits per heavy atom. The Labute approximate surface area is 76.9 Å². The average Bonchev–Trinajstić information content (AvgIpc) is 2.05. The first-order valence-corrected chi connectivity index (χ1v) is 4.02. The van der Waals surface area contributed by atoms with E-state index in [0.717, 1.165) is 5.56 Å². The highest BCUT2D eigenvalue weighted by atomic mass is 32.1. The van der Waals surface area contributed by atoms with Gasteiger partial charge in [0, 0.05) is 12.1 Å². The zero-order valence-electron chi connectivity index (χ0n) is 6.58. The number of rotatable bonds is 3. The summed E-state index contributed by atoms with van der Waals surface area (Å²) in [5, 5.41) is 7.59. The standard InChI is InChI=1S/C9H10N2S/c10-8(6-9(11)12)7-4-2-1-3-5-7/h1-5,10H,6H2,(H2,11,12). The Balaban J connectivity index is 2.73. The van der Waals surface area contributed by atoms with Gasteiger partial charge in [0.15, 0.2) is 0 Å². The highest BCUT2D eigenvalue weighted by Crippen LogP contribution is 2.02. The molecule has 0 bridgehead atoms. The van der Waals surface area contributed by atoms with E-state index in [1.807, 2.05) is 30.3 Å². The van der Waals surface area contributed by atoms with Crippen LogP contribution in [0.15, 0.2) is 30.3 Å². The van der Waals surface area contributed by atoms with Gasteiger partial charge in [-0.25, -0.2) is 0 Å². The van der Waals surface area contributed by atoms with Gasteiger partial charge < -0.3 is 11.1 Å². The number of nitrogens with two attached hydrogens (primary N) is 1. The van der Waals surface area contributed by atoms with E-state index in [2.05, 4.69) is 0 Å². The Hall–Kier alpha value is -1.22. The molecule has 62 valence electrons. The Bertz CT molecular complexity index is 293. The van der Waals surface area contributed by atoms with E-state index in [0.29, 0.717) is 17.1 Å². The van der Waals surface area contributed by atoms with Gasteiger partial charge in [0.25, 0.3) is 0 Å². The van der Waals surface area contributed by atoms with Gasteiger partial charge in [-0.15, -0.1) is 0 Å². The van der Waals surface area contributed by atoms with E-state index in [1.54, 1.807) is 0 Å². The minimum Gasteiger partial charge on any atom is -0.393 e. The Kier molecular flexibility index (Phi) is 2.94. The van der Waals surface area contributed by atoms with Crippen LogP contribution < -0.4 is 5.73 Å². The molecule has 1 aromatic carbocycles. The van der Waals surface area contributed by atoms with Crippen molar-refractivity contribution in [1.82, 2.24) is 0 Å². The number of hydrogen-bond donors (Lipinski definition) is 2. The van der Waals surface area contributed by atoms with Crippen LogP contribution >= 0.6 is 12.2 Å². The number of benzene rings is 1. The van der Waals surface area contributed by atoms with Crippen molar-refractivity contribution in [3.05, 3.63) is 35.9 Å². The predicted molar refractivity (Wildman–Crippen MR) is 54.7 cm³/mol. The second kappa shape index (κ2) is 3.97. The first-order chi connectivity index (χ1) is 5.70. The third-order valence-corrected chi connectivity index (χ3v) is 1.62. The highest BCUT2D eigenvalue weighted by molar-refractivity contribution is 7.80. The van der Waals surface area contributed by atoms with Gasteiger partial charge in [-0.05, 0) is 5.56 Å². The second-order valence-corrected chi connectivity index (χ2v) is 3.01. The third-order valence-electron chi connectivity index (χ3n) is 1.47. The minimum absolute atomic E-state index is 0.365. The topological polar surface area (TPSA) is 49.9 Å². The second-order valence-electron chi connectivity index (χ2n) is 2.49. The smallest absolute Gasteiger partial charge is 0.0787 e. The molecule has 0 aliphatic carbocycles. The van der Waals surface area contributed by atoms with Crippen LogP contribution in [0, 0.1) is 5.41 Å². The summed E-state index contributed by atoms with van der Waals surface area (Å²) >= 11 is 4.71. The van der Waals surface area contributed by atoms with Crippen molar-refractivity contribution < 1.29 is 0 Å². The monoisotopic (exact) mass is 178 g/mol. The summed E-state index contributed by atoms with van der Waals surface area (Å²) < 4.78 is 0. The van der Waals surface area contributed by atoms with Crippen molar-refractivity contribution in [1.29, 1.82) is 5.41 Å². The maximum absolute atomic E-state index is 7.59. The molecule has 2 nitrogen and oxygen atoms in total. The molecule has 1 rings (SSSR count). The normalized spacial score (nSPS) is 9.33. The molecule has 0 aliphatic heterocycles. The van der Waals surface area contributed by atoms with E-state index < -0.39 is 0 Å². The van der Waals surface area contributed by atoms with E-state index in [9.17, 15) is 0 Å². The summed E-state index contributed by atoms with van der Waals surface area (Å²) in [5.74, 6) is 0. The molecule has 0 saturated carbocycles. The minimum atomic E-state index is 0.365. The molecule has 0 fully saturated rings. The quantitative estimate of drug-likeness (QED) is 0.547. The molecule has 0 spiro atoms. The summed E-state index contributed by atoms with van der Waals surface area (Å²) in [6, 6.07) is 9.45. The molecule has 3 heteroatoms. The van der Waals surface area contributed by atoms with Crippen LogP contribution in [0.25, 0.3) is 0 Å². The zero-order valence-corrected chi connectivity index (χ0v) is 7.40. The fraction of sp³-hybridized carbons (Fsp3) is 0.111. The molecule has 0 atom stereocenters. The fourth-order valence-electron chi connectivity index (χ4n) is 0.916. The van der Waals surface area contributed by atoms with Gasteiger partial charge in [-0.2, -0.15) is 0 Å². The summed E-state index contributed by atoms with van der Waals surface area (Å²) in [4.78, 5) is 0.365. The molecule has 0 unspecified atom stereocenters. The van der Waals surface area contributed by atoms with Crippen molar-refractivity contribution in [2.24, 2.45) is 5.73 Å². The lowest BCUT2D eigenvalue weighted by molar-refractivity contribution is 1.39. The predicted octanol–water partition coefficient (Wildman–Crippen LogP) is 1.73. The van der Waals surface area contributed by atoms with Crippen LogP contribution in [-0.2, 0) is 0 Å². The van der Waals surface area contributed by atoms with Crippen molar-refractivity contribution in [2.75, 3.05) is 0 Å². The van der Waals surface area contributed by atoms with Gasteiger partial charge in [-0.3, -0.25) is 0 Å². The lowest BCUT2D eigenvalue weighted by Crippen LogP contribution is -2.14. The largest absolute Gasteiger partial charge is 0.393 e. The number of nitrogens with one attached hydrogen (secondary N) is 1. The van der Waals surface area contributed by atoms with Gasteiger partial charge in [0.1, 0.15) is 0 Å². The molecule has 0 amide bonds. The molecule has 12 heavy (non-hydrogen) atoms. The van der Waals surface area contributed by atoms with Crippen molar-refractivity contribution >= 4 is 22.9 Å². The van der Waals surface area contributed by atoms with Crippen LogP contribution in [0.2, 0.25) is 0 Å². The van der Waals surface area contributed by atoms with Crippen molar-refractivity contribution in [3.63, 3.8) is 0 Å². The van der Waals surface area contributed by atoms with Crippen LogP contribution in [-0.4, -0.2) is 10.7 Å². The first-order valence-electron chi connectivity index (χ1n) is 3.61. The summed E-state index contributed by atoms with van der Waals surface area (Å²) in [6.45, 7) is 0. The lowest BCUT2D eigenvalue weighted by Gasteiger charge is -2.01. The van der Waals surface area contributed by atoms with E-state index >= 15 is 0 Å². The van der Waals surface area contributed by atoms with Crippen LogP contribution in [0.5, 0.6) is 0 Å². The van der Waals surface area contributed by atoms with E-state index in [4.69, 9.17) is 23.4 Å².